The minimum atomic E-state index is -4.48. The molecule has 1 aromatic rings. The van der Waals surface area contributed by atoms with E-state index in [4.69, 9.17) is 15.2 Å². The third-order valence-electron chi connectivity index (χ3n) is 2.65. The molecule has 108 valence electrons. The molecule has 0 amide bonds. The Labute approximate surface area is 110 Å². The predicted molar refractivity (Wildman–Crippen MR) is 66.4 cm³/mol. The molecule has 0 aliphatic heterocycles. The maximum atomic E-state index is 12.5. The van der Waals surface area contributed by atoms with Gasteiger partial charge in [-0.1, -0.05) is 19.4 Å². The van der Waals surface area contributed by atoms with Gasteiger partial charge in [-0.3, -0.25) is 0 Å². The van der Waals surface area contributed by atoms with Crippen molar-refractivity contribution in [1.82, 2.24) is 0 Å². The zero-order chi connectivity index (χ0) is 14.5. The summed E-state index contributed by atoms with van der Waals surface area (Å²) in [6.07, 6.45) is -2.64. The van der Waals surface area contributed by atoms with Gasteiger partial charge < -0.3 is 15.2 Å². The van der Waals surface area contributed by atoms with Gasteiger partial charge in [-0.05, 0) is 24.1 Å². The van der Waals surface area contributed by atoms with Crippen LogP contribution in [0.25, 0.3) is 0 Å². The van der Waals surface area contributed by atoms with E-state index >= 15 is 0 Å². The molecule has 0 aliphatic carbocycles. The molecule has 19 heavy (non-hydrogen) atoms. The number of nitrogens with two attached hydrogens (primary N) is 1. The Morgan fingerprint density at radius 1 is 1.26 bits per heavy atom. The smallest absolute Gasteiger partial charge is 0.407 e. The molecule has 1 rings (SSSR count). The molecular formula is C13H18F3NO2. The monoisotopic (exact) mass is 277 g/mol. The number of hydrogen-bond acceptors (Lipinski definition) is 3. The molecule has 1 atom stereocenters. The fourth-order valence-electron chi connectivity index (χ4n) is 1.51. The van der Waals surface area contributed by atoms with Gasteiger partial charge in [-0.25, -0.2) is 0 Å². The van der Waals surface area contributed by atoms with E-state index in [1.165, 1.54) is 25.3 Å². The summed E-state index contributed by atoms with van der Waals surface area (Å²) in [5.41, 5.74) is 5.10. The lowest BCUT2D eigenvalue weighted by Gasteiger charge is -2.18. The Morgan fingerprint density at radius 2 is 1.95 bits per heavy atom. The van der Waals surface area contributed by atoms with E-state index in [1.54, 1.807) is 0 Å². The molecular weight excluding hydrogens is 259 g/mol. The zero-order valence-corrected chi connectivity index (χ0v) is 11.0. The number of ether oxygens (including phenoxy) is 2. The summed E-state index contributed by atoms with van der Waals surface area (Å²) in [5.74, 6) is 0.683. The normalized spacial score (nSPS) is 13.2. The molecule has 0 aromatic heterocycles. The van der Waals surface area contributed by atoms with Crippen molar-refractivity contribution in [2.45, 2.75) is 32.0 Å². The van der Waals surface area contributed by atoms with Crippen molar-refractivity contribution in [3.8, 4) is 11.5 Å². The molecule has 1 aromatic carbocycles. The molecule has 0 aliphatic rings. The number of unbranched alkanes of at least 4 members (excludes halogenated alkanes) is 1. The van der Waals surface area contributed by atoms with Crippen molar-refractivity contribution in [1.29, 1.82) is 0 Å². The number of benzene rings is 1. The second-order valence-electron chi connectivity index (χ2n) is 4.13. The van der Waals surface area contributed by atoms with Crippen LogP contribution in [0.5, 0.6) is 11.5 Å². The molecule has 0 spiro atoms. The lowest BCUT2D eigenvalue weighted by Crippen LogP contribution is -2.28. The highest BCUT2D eigenvalue weighted by Gasteiger charge is 2.38. The fourth-order valence-corrected chi connectivity index (χ4v) is 1.51. The van der Waals surface area contributed by atoms with Crippen LogP contribution in [0.15, 0.2) is 18.2 Å². The van der Waals surface area contributed by atoms with Crippen LogP contribution in [0.3, 0.4) is 0 Å². The van der Waals surface area contributed by atoms with E-state index in [0.717, 1.165) is 12.8 Å². The molecule has 0 unspecified atom stereocenters. The van der Waals surface area contributed by atoms with Crippen LogP contribution in [0.2, 0.25) is 0 Å². The molecule has 0 heterocycles. The van der Waals surface area contributed by atoms with E-state index in [2.05, 4.69) is 0 Å². The summed E-state index contributed by atoms with van der Waals surface area (Å²) < 4.78 is 48.0. The number of methoxy groups -OCH3 is 1. The van der Waals surface area contributed by atoms with E-state index in [0.29, 0.717) is 12.4 Å². The quantitative estimate of drug-likeness (QED) is 0.810. The number of rotatable bonds is 6. The van der Waals surface area contributed by atoms with Crippen LogP contribution in [-0.4, -0.2) is 19.9 Å². The van der Waals surface area contributed by atoms with Gasteiger partial charge in [0.05, 0.1) is 13.7 Å². The first-order valence-corrected chi connectivity index (χ1v) is 6.03. The highest BCUT2D eigenvalue weighted by atomic mass is 19.4. The second kappa shape index (κ2) is 6.65. The average Bonchev–Trinajstić information content (AvgIpc) is 2.37. The third kappa shape index (κ3) is 4.31. The van der Waals surface area contributed by atoms with Crippen LogP contribution >= 0.6 is 0 Å². The Balaban J connectivity index is 2.89. The standard InChI is InChI=1S/C13H18F3NO2/c1-3-4-7-19-10-6-5-9(8-11(10)18-2)12(17)13(14,15)16/h5-6,8,12H,3-4,7,17H2,1-2H3/t12-/m1/s1. The molecule has 0 saturated heterocycles. The van der Waals surface area contributed by atoms with Crippen molar-refractivity contribution >= 4 is 0 Å². The maximum Gasteiger partial charge on any atom is 0.407 e. The summed E-state index contributed by atoms with van der Waals surface area (Å²) >= 11 is 0. The van der Waals surface area contributed by atoms with Crippen LogP contribution in [0, 0.1) is 0 Å². The molecule has 0 saturated carbocycles. The molecule has 6 heteroatoms. The molecule has 0 fully saturated rings. The van der Waals surface area contributed by atoms with E-state index in [9.17, 15) is 13.2 Å². The number of alkyl halides is 3. The largest absolute Gasteiger partial charge is 0.493 e. The lowest BCUT2D eigenvalue weighted by molar-refractivity contribution is -0.149. The first-order valence-electron chi connectivity index (χ1n) is 6.03. The SMILES string of the molecule is CCCCOc1ccc([C@@H](N)C(F)(F)F)cc1OC. The van der Waals surface area contributed by atoms with Crippen molar-refractivity contribution in [3.05, 3.63) is 23.8 Å². The van der Waals surface area contributed by atoms with Crippen molar-refractivity contribution in [2.75, 3.05) is 13.7 Å². The molecule has 3 nitrogen and oxygen atoms in total. The van der Waals surface area contributed by atoms with Crippen LogP contribution < -0.4 is 15.2 Å². The van der Waals surface area contributed by atoms with Gasteiger partial charge in [0.25, 0.3) is 0 Å². The Kier molecular flexibility index (Phi) is 5.47. The van der Waals surface area contributed by atoms with Gasteiger partial charge in [-0.15, -0.1) is 0 Å². The summed E-state index contributed by atoms with van der Waals surface area (Å²) in [4.78, 5) is 0. The van der Waals surface area contributed by atoms with Gasteiger partial charge in [-0.2, -0.15) is 13.2 Å². The third-order valence-corrected chi connectivity index (χ3v) is 2.65. The first kappa shape index (κ1) is 15.6. The molecule has 0 radical (unpaired) electrons. The van der Waals surface area contributed by atoms with Crippen LogP contribution in [0.4, 0.5) is 13.2 Å². The predicted octanol–water partition coefficient (Wildman–Crippen LogP) is 3.44. The number of halogens is 3. The minimum absolute atomic E-state index is 0.0489. The summed E-state index contributed by atoms with van der Waals surface area (Å²) in [5, 5.41) is 0. The van der Waals surface area contributed by atoms with Gasteiger partial charge in [0.1, 0.15) is 6.04 Å². The van der Waals surface area contributed by atoms with Crippen LogP contribution in [-0.2, 0) is 0 Å². The number of hydrogen-bond donors (Lipinski definition) is 1. The summed E-state index contributed by atoms with van der Waals surface area (Å²) in [7, 11) is 1.38. The van der Waals surface area contributed by atoms with Gasteiger partial charge in [0.15, 0.2) is 11.5 Å². The topological polar surface area (TPSA) is 44.5 Å². The van der Waals surface area contributed by atoms with E-state index in [1.807, 2.05) is 6.92 Å². The fraction of sp³-hybridized carbons (Fsp3) is 0.538. The van der Waals surface area contributed by atoms with Crippen molar-refractivity contribution < 1.29 is 22.6 Å². The lowest BCUT2D eigenvalue weighted by atomic mass is 10.1. The maximum absolute atomic E-state index is 12.5. The summed E-state index contributed by atoms with van der Waals surface area (Å²) in [6.45, 7) is 2.52. The van der Waals surface area contributed by atoms with Crippen molar-refractivity contribution in [2.24, 2.45) is 5.73 Å². The highest BCUT2D eigenvalue weighted by Crippen LogP contribution is 2.35. The Morgan fingerprint density at radius 3 is 2.47 bits per heavy atom. The summed E-state index contributed by atoms with van der Waals surface area (Å²) in [6, 6.07) is 2.00. The average molecular weight is 277 g/mol. The van der Waals surface area contributed by atoms with Gasteiger partial charge in [0, 0.05) is 0 Å². The Bertz CT molecular complexity index is 407. The molecule has 2 N–H and O–H groups in total. The van der Waals surface area contributed by atoms with Gasteiger partial charge in [0.2, 0.25) is 0 Å². The van der Waals surface area contributed by atoms with Crippen LogP contribution in [0.1, 0.15) is 31.4 Å². The van der Waals surface area contributed by atoms with Crippen molar-refractivity contribution in [3.63, 3.8) is 0 Å². The molecule has 0 bridgehead atoms. The van der Waals surface area contributed by atoms with E-state index in [-0.39, 0.29) is 11.3 Å². The zero-order valence-electron chi connectivity index (χ0n) is 11.0. The van der Waals surface area contributed by atoms with Gasteiger partial charge >= 0.3 is 6.18 Å². The second-order valence-corrected chi connectivity index (χ2v) is 4.13. The Hall–Kier alpha value is -1.43. The van der Waals surface area contributed by atoms with E-state index < -0.39 is 12.2 Å². The highest BCUT2D eigenvalue weighted by molar-refractivity contribution is 5.44. The first-order chi connectivity index (χ1) is 8.90. The minimum Gasteiger partial charge on any atom is -0.493 e.